The zero-order valence-corrected chi connectivity index (χ0v) is 8.49. The van der Waals surface area contributed by atoms with Gasteiger partial charge in [0.2, 0.25) is 0 Å². The van der Waals surface area contributed by atoms with E-state index in [4.69, 9.17) is 4.74 Å². The molecule has 1 saturated heterocycles. The van der Waals surface area contributed by atoms with Crippen LogP contribution in [0.3, 0.4) is 0 Å². The minimum Gasteiger partial charge on any atom is -0.469 e. The Balaban J connectivity index is 1.93. The van der Waals surface area contributed by atoms with Crippen LogP contribution < -0.4 is 0 Å². The molecule has 4 heteroatoms. The molecule has 3 rings (SSSR count). The smallest absolute Gasteiger partial charge is 0.313 e. The Kier molecular flexibility index (Phi) is 1.45. The molecule has 0 aromatic carbocycles. The zero-order chi connectivity index (χ0) is 10.7. The van der Waals surface area contributed by atoms with Crippen molar-refractivity contribution in [2.45, 2.75) is 12.8 Å². The zero-order valence-electron chi connectivity index (χ0n) is 8.49. The maximum Gasteiger partial charge on any atom is 0.313 e. The first-order valence-electron chi connectivity index (χ1n) is 5.08. The molecule has 2 fully saturated rings. The molecule has 3 atom stereocenters. The molecule has 15 heavy (non-hydrogen) atoms. The first-order valence-corrected chi connectivity index (χ1v) is 5.08. The summed E-state index contributed by atoms with van der Waals surface area (Å²) in [4.78, 5) is 23.0. The summed E-state index contributed by atoms with van der Waals surface area (Å²) in [7, 11) is 1.35. The summed E-state index contributed by atoms with van der Waals surface area (Å²) >= 11 is 0. The quantitative estimate of drug-likeness (QED) is 0.494. The first kappa shape index (κ1) is 8.95. The standard InChI is InChI=1S/C11H12O4/c1-14-8(12)5-11-4-7-2-3-10(7,11)6-15-9(11)13/h2-3,7H,4-6H2,1H3/t7-,10+,11-/m1/s1. The van der Waals surface area contributed by atoms with Crippen molar-refractivity contribution in [3.05, 3.63) is 12.2 Å². The van der Waals surface area contributed by atoms with E-state index in [0.717, 1.165) is 6.42 Å². The van der Waals surface area contributed by atoms with Crippen molar-refractivity contribution in [2.24, 2.45) is 16.7 Å². The highest BCUT2D eigenvalue weighted by Crippen LogP contribution is 2.71. The fourth-order valence-corrected chi connectivity index (χ4v) is 3.18. The van der Waals surface area contributed by atoms with E-state index in [1.54, 1.807) is 0 Å². The third-order valence-corrected chi connectivity index (χ3v) is 4.25. The summed E-state index contributed by atoms with van der Waals surface area (Å²) in [5.74, 6) is -0.130. The van der Waals surface area contributed by atoms with Gasteiger partial charge in [0, 0.05) is 5.41 Å². The average Bonchev–Trinajstić information content (AvgIpc) is 2.48. The molecule has 1 aliphatic heterocycles. The summed E-state index contributed by atoms with van der Waals surface area (Å²) in [6.07, 6.45) is 5.01. The van der Waals surface area contributed by atoms with E-state index in [-0.39, 0.29) is 23.8 Å². The van der Waals surface area contributed by atoms with Crippen molar-refractivity contribution in [2.75, 3.05) is 13.7 Å². The normalized spacial score (nSPS) is 44.6. The molecule has 1 spiro atoms. The van der Waals surface area contributed by atoms with E-state index >= 15 is 0 Å². The summed E-state index contributed by atoms with van der Waals surface area (Å²) in [5, 5.41) is 0. The van der Waals surface area contributed by atoms with Crippen molar-refractivity contribution in [1.82, 2.24) is 0 Å². The van der Waals surface area contributed by atoms with Crippen LogP contribution in [0.5, 0.6) is 0 Å². The van der Waals surface area contributed by atoms with Crippen LogP contribution in [0.15, 0.2) is 12.2 Å². The minimum absolute atomic E-state index is 0.156. The lowest BCUT2D eigenvalue weighted by Crippen LogP contribution is -2.62. The van der Waals surface area contributed by atoms with Gasteiger partial charge in [-0.2, -0.15) is 0 Å². The molecule has 0 aromatic heterocycles. The van der Waals surface area contributed by atoms with Gasteiger partial charge in [0.1, 0.15) is 6.61 Å². The van der Waals surface area contributed by atoms with Gasteiger partial charge in [-0.15, -0.1) is 0 Å². The van der Waals surface area contributed by atoms with Gasteiger partial charge in [-0.25, -0.2) is 0 Å². The SMILES string of the molecule is COC(=O)C[C@@]12C[C@H]3C=C[C@]31COC2=O. The predicted molar refractivity (Wildman–Crippen MR) is 49.7 cm³/mol. The van der Waals surface area contributed by atoms with E-state index in [2.05, 4.69) is 10.8 Å². The minimum atomic E-state index is -0.612. The summed E-state index contributed by atoms with van der Waals surface area (Å²) < 4.78 is 9.76. The summed E-state index contributed by atoms with van der Waals surface area (Å²) in [6, 6.07) is 0. The van der Waals surface area contributed by atoms with Crippen molar-refractivity contribution >= 4 is 11.9 Å². The van der Waals surface area contributed by atoms with Crippen LogP contribution in [0.2, 0.25) is 0 Å². The number of carbonyl (C=O) groups is 2. The van der Waals surface area contributed by atoms with Gasteiger partial charge in [0.25, 0.3) is 0 Å². The summed E-state index contributed by atoms with van der Waals surface area (Å²) in [6.45, 7) is 0.435. The Labute approximate surface area is 87.2 Å². The van der Waals surface area contributed by atoms with Crippen molar-refractivity contribution in [3.8, 4) is 0 Å². The van der Waals surface area contributed by atoms with Crippen LogP contribution in [-0.4, -0.2) is 25.7 Å². The van der Waals surface area contributed by atoms with Crippen LogP contribution in [0, 0.1) is 16.7 Å². The molecule has 0 amide bonds. The van der Waals surface area contributed by atoms with Gasteiger partial charge < -0.3 is 9.47 Å². The molecule has 0 aromatic rings. The van der Waals surface area contributed by atoms with Gasteiger partial charge in [0.15, 0.2) is 0 Å². The molecule has 1 saturated carbocycles. The largest absolute Gasteiger partial charge is 0.469 e. The molecule has 2 aliphatic carbocycles. The second-order valence-corrected chi connectivity index (χ2v) is 4.62. The Morgan fingerprint density at radius 1 is 1.73 bits per heavy atom. The van der Waals surface area contributed by atoms with Crippen LogP contribution in [-0.2, 0) is 19.1 Å². The van der Waals surface area contributed by atoms with Crippen molar-refractivity contribution in [3.63, 3.8) is 0 Å². The highest BCUT2D eigenvalue weighted by molar-refractivity contribution is 5.89. The molecule has 0 unspecified atom stereocenters. The fraction of sp³-hybridized carbons (Fsp3) is 0.636. The molecule has 4 nitrogen and oxygen atoms in total. The number of carbonyl (C=O) groups excluding carboxylic acids is 2. The molecule has 1 heterocycles. The van der Waals surface area contributed by atoms with E-state index in [9.17, 15) is 9.59 Å². The number of allylic oxidation sites excluding steroid dienone is 1. The lowest BCUT2D eigenvalue weighted by atomic mass is 9.39. The monoisotopic (exact) mass is 208 g/mol. The molecule has 0 bridgehead atoms. The highest BCUT2D eigenvalue weighted by atomic mass is 16.5. The molecule has 80 valence electrons. The first-order chi connectivity index (χ1) is 7.14. The molecular formula is C11H12O4. The third kappa shape index (κ3) is 0.758. The number of ether oxygens (including phenoxy) is 2. The third-order valence-electron chi connectivity index (χ3n) is 4.25. The van der Waals surface area contributed by atoms with Gasteiger partial charge >= 0.3 is 11.9 Å². The van der Waals surface area contributed by atoms with Crippen molar-refractivity contribution < 1.29 is 19.1 Å². The number of methoxy groups -OCH3 is 1. The van der Waals surface area contributed by atoms with E-state index < -0.39 is 5.41 Å². The molecule has 0 N–H and O–H groups in total. The lowest BCUT2D eigenvalue weighted by molar-refractivity contribution is -0.166. The number of hydrogen-bond donors (Lipinski definition) is 0. The van der Waals surface area contributed by atoms with E-state index in [1.807, 2.05) is 6.08 Å². The van der Waals surface area contributed by atoms with Gasteiger partial charge in [-0.1, -0.05) is 12.2 Å². The van der Waals surface area contributed by atoms with Gasteiger partial charge in [0.05, 0.1) is 18.9 Å². The van der Waals surface area contributed by atoms with Crippen LogP contribution in [0.25, 0.3) is 0 Å². The molecular weight excluding hydrogens is 196 g/mol. The number of hydrogen-bond acceptors (Lipinski definition) is 4. The lowest BCUT2D eigenvalue weighted by Gasteiger charge is -2.59. The Hall–Kier alpha value is -1.32. The number of rotatable bonds is 2. The van der Waals surface area contributed by atoms with Crippen molar-refractivity contribution in [1.29, 1.82) is 0 Å². The molecule has 0 radical (unpaired) electrons. The van der Waals surface area contributed by atoms with E-state index in [0.29, 0.717) is 12.5 Å². The number of esters is 2. The fourth-order valence-electron chi connectivity index (χ4n) is 3.18. The maximum absolute atomic E-state index is 11.7. The maximum atomic E-state index is 11.7. The van der Waals surface area contributed by atoms with E-state index in [1.165, 1.54) is 7.11 Å². The highest BCUT2D eigenvalue weighted by Gasteiger charge is 2.75. The van der Waals surface area contributed by atoms with Gasteiger partial charge in [-0.05, 0) is 12.3 Å². The van der Waals surface area contributed by atoms with Gasteiger partial charge in [-0.3, -0.25) is 9.59 Å². The molecule has 3 aliphatic rings. The Morgan fingerprint density at radius 2 is 2.53 bits per heavy atom. The summed E-state index contributed by atoms with van der Waals surface area (Å²) in [5.41, 5.74) is -0.794. The Bertz CT molecular complexity index is 386. The average molecular weight is 208 g/mol. The Morgan fingerprint density at radius 3 is 3.07 bits per heavy atom. The van der Waals surface area contributed by atoms with Crippen LogP contribution in [0.1, 0.15) is 12.8 Å². The second kappa shape index (κ2) is 2.43. The topological polar surface area (TPSA) is 52.6 Å². The van der Waals surface area contributed by atoms with Crippen LogP contribution in [0.4, 0.5) is 0 Å². The van der Waals surface area contributed by atoms with Crippen LogP contribution >= 0.6 is 0 Å². The second-order valence-electron chi connectivity index (χ2n) is 4.62. The number of cyclic esters (lactones) is 1. The predicted octanol–water partition coefficient (Wildman–Crippen LogP) is 0.669.